The average molecular weight is 459 g/mol. The largest absolute Gasteiger partial charge is 0.382 e. The molecule has 5 rings (SSSR count). The van der Waals surface area contributed by atoms with Crippen molar-refractivity contribution in [2.75, 3.05) is 10.6 Å². The van der Waals surface area contributed by atoms with Crippen molar-refractivity contribution < 1.29 is 9.59 Å². The van der Waals surface area contributed by atoms with Gasteiger partial charge in [-0.1, -0.05) is 62.8 Å². The van der Waals surface area contributed by atoms with Crippen molar-refractivity contribution in [2.45, 2.75) is 90.1 Å². The normalized spacial score (nSPS) is 20.9. The predicted octanol–water partition coefficient (Wildman–Crippen LogP) is 7.22. The summed E-state index contributed by atoms with van der Waals surface area (Å²) in [6, 6.07) is 11.9. The van der Waals surface area contributed by atoms with Gasteiger partial charge in [0.25, 0.3) is 0 Å². The molecule has 0 saturated heterocycles. The summed E-state index contributed by atoms with van der Waals surface area (Å²) in [5, 5.41) is 7.33. The van der Waals surface area contributed by atoms with Crippen molar-refractivity contribution in [3.63, 3.8) is 0 Å². The second kappa shape index (κ2) is 9.93. The van der Waals surface area contributed by atoms with Gasteiger partial charge in [0.15, 0.2) is 11.6 Å². The van der Waals surface area contributed by atoms with Gasteiger partial charge >= 0.3 is 0 Å². The maximum absolute atomic E-state index is 13.8. The molecule has 4 nitrogen and oxygen atoms in total. The van der Waals surface area contributed by atoms with Gasteiger partial charge in [-0.05, 0) is 63.5 Å². The lowest BCUT2D eigenvalue weighted by atomic mass is 9.80. The second-order valence-corrected chi connectivity index (χ2v) is 10.8. The molecule has 2 aromatic carbocycles. The number of rotatable bonds is 6. The summed E-state index contributed by atoms with van der Waals surface area (Å²) in [4.78, 5) is 27.5. The molecule has 2 N–H and O–H groups in total. The zero-order valence-electron chi connectivity index (χ0n) is 20.7. The van der Waals surface area contributed by atoms with E-state index in [2.05, 4.69) is 24.5 Å². The monoisotopic (exact) mass is 458 g/mol. The molecule has 2 aromatic rings. The molecule has 0 aromatic heterocycles. The number of carbonyl (C=O) groups excluding carboxylic acids is 2. The molecule has 0 aliphatic heterocycles. The van der Waals surface area contributed by atoms with Gasteiger partial charge < -0.3 is 10.6 Å². The van der Waals surface area contributed by atoms with E-state index >= 15 is 0 Å². The molecule has 2 saturated carbocycles. The summed E-state index contributed by atoms with van der Waals surface area (Å²) in [6.07, 6.45) is 12.7. The number of nitrogens with one attached hydrogen (secondary N) is 2. The number of benzene rings is 2. The molecule has 0 bridgehead atoms. The van der Waals surface area contributed by atoms with E-state index in [-0.39, 0.29) is 23.7 Å². The van der Waals surface area contributed by atoms with Gasteiger partial charge in [0.05, 0.1) is 11.1 Å². The smallest absolute Gasteiger partial charge is 0.196 e. The van der Waals surface area contributed by atoms with Crippen LogP contribution in [0.2, 0.25) is 0 Å². The molecule has 180 valence electrons. The molecule has 0 amide bonds. The number of anilines is 2. The predicted molar refractivity (Wildman–Crippen MR) is 139 cm³/mol. The van der Waals surface area contributed by atoms with Crippen LogP contribution in [0, 0.1) is 11.8 Å². The molecular formula is C30H38N2O2. The molecule has 0 spiro atoms. The highest BCUT2D eigenvalue weighted by atomic mass is 16.1. The third-order valence-corrected chi connectivity index (χ3v) is 8.56. The van der Waals surface area contributed by atoms with Crippen molar-refractivity contribution in [1.29, 1.82) is 0 Å². The SMILES string of the molecule is CC(Nc1ccc(NC(C)C2CCCCC2)c2c1C(=O)c1ccccc1C2=O)C1CCCCC1. The molecule has 0 radical (unpaired) electrons. The van der Waals surface area contributed by atoms with Crippen LogP contribution in [-0.2, 0) is 0 Å². The van der Waals surface area contributed by atoms with Crippen LogP contribution in [0.25, 0.3) is 0 Å². The van der Waals surface area contributed by atoms with Crippen molar-refractivity contribution >= 4 is 22.9 Å². The Bertz CT molecular complexity index is 979. The minimum atomic E-state index is -0.0440. The molecule has 0 heterocycles. The highest BCUT2D eigenvalue weighted by Crippen LogP contribution is 2.39. The van der Waals surface area contributed by atoms with Crippen molar-refractivity contribution in [1.82, 2.24) is 0 Å². The molecule has 3 aliphatic rings. The lowest BCUT2D eigenvalue weighted by Gasteiger charge is -2.32. The fraction of sp³-hybridized carbons (Fsp3) is 0.533. The third-order valence-electron chi connectivity index (χ3n) is 8.56. The van der Waals surface area contributed by atoms with Gasteiger partial charge in [-0.25, -0.2) is 0 Å². The van der Waals surface area contributed by atoms with Gasteiger partial charge in [-0.2, -0.15) is 0 Å². The van der Waals surface area contributed by atoms with E-state index in [0.29, 0.717) is 34.1 Å². The fourth-order valence-electron chi connectivity index (χ4n) is 6.46. The molecule has 2 atom stereocenters. The topological polar surface area (TPSA) is 58.2 Å². The Morgan fingerprint density at radius 3 is 1.38 bits per heavy atom. The maximum Gasteiger partial charge on any atom is 0.196 e. The summed E-state index contributed by atoms with van der Waals surface area (Å²) in [7, 11) is 0. The highest BCUT2D eigenvalue weighted by Gasteiger charge is 2.35. The average Bonchev–Trinajstić information content (AvgIpc) is 2.89. The van der Waals surface area contributed by atoms with Crippen molar-refractivity contribution in [3.05, 3.63) is 58.7 Å². The minimum Gasteiger partial charge on any atom is -0.382 e. The lowest BCUT2D eigenvalue weighted by molar-refractivity contribution is 0.0980. The number of hydrogen-bond donors (Lipinski definition) is 2. The van der Waals surface area contributed by atoms with Gasteiger partial charge in [-0.3, -0.25) is 9.59 Å². The highest BCUT2D eigenvalue weighted by molar-refractivity contribution is 6.31. The van der Waals surface area contributed by atoms with Crippen molar-refractivity contribution in [3.8, 4) is 0 Å². The van der Waals surface area contributed by atoms with E-state index in [1.54, 1.807) is 12.1 Å². The Hall–Kier alpha value is -2.62. The molecule has 34 heavy (non-hydrogen) atoms. The van der Waals surface area contributed by atoms with Crippen LogP contribution in [-0.4, -0.2) is 23.7 Å². The van der Waals surface area contributed by atoms with E-state index in [9.17, 15) is 9.59 Å². The summed E-state index contributed by atoms with van der Waals surface area (Å²) in [6.45, 7) is 4.45. The standard InChI is InChI=1S/C30H38N2O2/c1-19(21-11-5-3-6-12-21)31-25-17-18-26(32-20(2)22-13-7-4-8-14-22)28-27(25)29(33)23-15-9-10-16-24(23)30(28)34/h9-10,15-22,31-32H,3-8,11-14H2,1-2H3. The second-order valence-electron chi connectivity index (χ2n) is 10.8. The summed E-state index contributed by atoms with van der Waals surface area (Å²) in [5.74, 6) is 1.13. The van der Waals surface area contributed by atoms with Crippen LogP contribution in [0.5, 0.6) is 0 Å². The van der Waals surface area contributed by atoms with Crippen molar-refractivity contribution in [2.24, 2.45) is 11.8 Å². The Kier molecular flexibility index (Phi) is 6.76. The first kappa shape index (κ1) is 23.1. The fourth-order valence-corrected chi connectivity index (χ4v) is 6.46. The summed E-state index contributed by atoms with van der Waals surface area (Å²) < 4.78 is 0. The minimum absolute atomic E-state index is 0.0440. The maximum atomic E-state index is 13.8. The van der Waals surface area contributed by atoms with E-state index < -0.39 is 0 Å². The van der Waals surface area contributed by atoms with E-state index in [4.69, 9.17) is 0 Å². The van der Waals surface area contributed by atoms with E-state index in [0.717, 1.165) is 11.4 Å². The number of hydrogen-bond acceptors (Lipinski definition) is 4. The first-order valence-electron chi connectivity index (χ1n) is 13.4. The van der Waals surface area contributed by atoms with Gasteiger partial charge in [0.1, 0.15) is 0 Å². The number of fused-ring (bicyclic) bond motifs is 2. The number of ketones is 2. The number of carbonyl (C=O) groups is 2. The van der Waals surface area contributed by atoms with Crippen LogP contribution >= 0.6 is 0 Å². The molecule has 2 fully saturated rings. The lowest BCUT2D eigenvalue weighted by Crippen LogP contribution is -2.32. The quantitative estimate of drug-likeness (QED) is 0.409. The zero-order valence-corrected chi connectivity index (χ0v) is 20.7. The van der Waals surface area contributed by atoms with Gasteiger partial charge in [0.2, 0.25) is 0 Å². The zero-order chi connectivity index (χ0) is 23.7. The first-order chi connectivity index (χ1) is 16.5. The Balaban J connectivity index is 1.51. The Morgan fingerprint density at radius 2 is 1.00 bits per heavy atom. The first-order valence-corrected chi connectivity index (χ1v) is 13.4. The van der Waals surface area contributed by atoms with Crippen LogP contribution < -0.4 is 10.6 Å². The third kappa shape index (κ3) is 4.39. The van der Waals surface area contributed by atoms with Crippen LogP contribution in [0.4, 0.5) is 11.4 Å². The van der Waals surface area contributed by atoms with E-state index in [1.165, 1.54) is 64.2 Å². The molecule has 3 aliphatic carbocycles. The Labute approximate surface area is 203 Å². The van der Waals surface area contributed by atoms with Gasteiger partial charge in [-0.15, -0.1) is 0 Å². The summed E-state index contributed by atoms with van der Waals surface area (Å²) >= 11 is 0. The van der Waals surface area contributed by atoms with Gasteiger partial charge in [0, 0.05) is 34.6 Å². The molecule has 2 unspecified atom stereocenters. The molecule has 4 heteroatoms. The summed E-state index contributed by atoms with van der Waals surface area (Å²) in [5.41, 5.74) is 3.74. The van der Waals surface area contributed by atoms with Crippen LogP contribution in [0.15, 0.2) is 36.4 Å². The Morgan fingerprint density at radius 1 is 0.618 bits per heavy atom. The van der Waals surface area contributed by atoms with E-state index in [1.807, 2.05) is 24.3 Å². The molecular weight excluding hydrogens is 420 g/mol. The van der Waals surface area contributed by atoms with Crippen LogP contribution in [0.1, 0.15) is 110 Å². The van der Waals surface area contributed by atoms with Crippen LogP contribution in [0.3, 0.4) is 0 Å².